The van der Waals surface area contributed by atoms with E-state index >= 15 is 0 Å². The minimum absolute atomic E-state index is 0.0936. The summed E-state index contributed by atoms with van der Waals surface area (Å²) in [7, 11) is -1.92. The van der Waals surface area contributed by atoms with Crippen LogP contribution >= 0.6 is 0 Å². The molecule has 0 aromatic carbocycles. The fourth-order valence-electron chi connectivity index (χ4n) is 1.82. The summed E-state index contributed by atoms with van der Waals surface area (Å²) in [5, 5.41) is 9.74. The molecule has 0 saturated carbocycles. The number of hydrogen-bond donors (Lipinski definition) is 2. The molecular weight excluding hydrogens is 264 g/mol. The molecule has 6 nitrogen and oxygen atoms in total. The van der Waals surface area contributed by atoms with Crippen LogP contribution in [0.25, 0.3) is 0 Å². The van der Waals surface area contributed by atoms with Crippen molar-refractivity contribution in [3.8, 4) is 0 Å². The number of rotatable bonds is 6. The maximum atomic E-state index is 12.5. The van der Waals surface area contributed by atoms with Gasteiger partial charge in [0.1, 0.15) is 0 Å². The molecule has 0 spiro atoms. The molecule has 0 saturated heterocycles. The lowest BCUT2D eigenvalue weighted by molar-refractivity contribution is 0.310. The smallest absolute Gasteiger partial charge is 0.260 e. The predicted molar refractivity (Wildman–Crippen MR) is 75.2 cm³/mol. The Morgan fingerprint density at radius 3 is 2.58 bits per heavy atom. The maximum absolute atomic E-state index is 12.5. The van der Waals surface area contributed by atoms with Gasteiger partial charge in [0.05, 0.1) is 6.20 Å². The third-order valence-electron chi connectivity index (χ3n) is 2.61. The van der Waals surface area contributed by atoms with E-state index in [4.69, 9.17) is 0 Å². The summed E-state index contributed by atoms with van der Waals surface area (Å²) in [6.07, 6.45) is 1.56. The minimum atomic E-state index is -3.51. The fraction of sp³-hybridized carbons (Fsp3) is 0.750. The van der Waals surface area contributed by atoms with Gasteiger partial charge in [-0.15, -0.1) is 0 Å². The van der Waals surface area contributed by atoms with Crippen LogP contribution in [0.3, 0.4) is 0 Å². The Kier molecular flexibility index (Phi) is 5.11. The standard InChI is InChI=1S/C12H24N4O2S/c1-6-13-7-10-8-14-15-11(10)19(17,18)16(5)9-12(2,3)4/h8,13H,6-7,9H2,1-5H3,(H,14,15). The molecule has 0 fully saturated rings. The second kappa shape index (κ2) is 6.02. The predicted octanol–water partition coefficient (Wildman–Crippen LogP) is 1.19. The van der Waals surface area contributed by atoms with Crippen molar-refractivity contribution in [3.05, 3.63) is 11.8 Å². The van der Waals surface area contributed by atoms with Crippen LogP contribution in [-0.2, 0) is 16.6 Å². The first-order valence-electron chi connectivity index (χ1n) is 6.38. The van der Waals surface area contributed by atoms with Crippen LogP contribution < -0.4 is 5.32 Å². The van der Waals surface area contributed by atoms with E-state index in [1.165, 1.54) is 4.31 Å². The Bertz CT molecular complexity index is 502. The molecule has 1 aromatic heterocycles. The van der Waals surface area contributed by atoms with Gasteiger partial charge in [-0.05, 0) is 12.0 Å². The summed E-state index contributed by atoms with van der Waals surface area (Å²) in [6, 6.07) is 0. The average molecular weight is 288 g/mol. The number of nitrogens with zero attached hydrogens (tertiary/aromatic N) is 2. The lowest BCUT2D eigenvalue weighted by atomic mass is 9.97. The van der Waals surface area contributed by atoms with Gasteiger partial charge in [-0.3, -0.25) is 5.10 Å². The van der Waals surface area contributed by atoms with Gasteiger partial charge in [0.15, 0.2) is 5.03 Å². The number of sulfonamides is 1. The van der Waals surface area contributed by atoms with Crippen molar-refractivity contribution in [1.29, 1.82) is 0 Å². The summed E-state index contributed by atoms with van der Waals surface area (Å²) >= 11 is 0. The van der Waals surface area contributed by atoms with Crippen molar-refractivity contribution in [2.45, 2.75) is 39.3 Å². The van der Waals surface area contributed by atoms with Crippen LogP contribution in [0.5, 0.6) is 0 Å². The lowest BCUT2D eigenvalue weighted by Crippen LogP contribution is -2.35. The first-order chi connectivity index (χ1) is 8.68. The zero-order chi connectivity index (χ0) is 14.7. The molecule has 0 unspecified atom stereocenters. The molecule has 7 heteroatoms. The molecule has 0 aliphatic rings. The first kappa shape index (κ1) is 16.1. The van der Waals surface area contributed by atoms with E-state index in [9.17, 15) is 8.42 Å². The van der Waals surface area contributed by atoms with Crippen molar-refractivity contribution in [3.63, 3.8) is 0 Å². The molecule has 2 N–H and O–H groups in total. The van der Waals surface area contributed by atoms with Gasteiger partial charge in [0.25, 0.3) is 10.0 Å². The number of aromatic nitrogens is 2. The van der Waals surface area contributed by atoms with Gasteiger partial charge in [0, 0.05) is 25.7 Å². The van der Waals surface area contributed by atoms with Crippen molar-refractivity contribution in [2.24, 2.45) is 5.41 Å². The highest BCUT2D eigenvalue weighted by Gasteiger charge is 2.28. The van der Waals surface area contributed by atoms with Crippen LogP contribution in [-0.4, -0.2) is 43.1 Å². The van der Waals surface area contributed by atoms with Crippen molar-refractivity contribution >= 4 is 10.0 Å². The van der Waals surface area contributed by atoms with E-state index in [0.29, 0.717) is 18.7 Å². The third kappa shape index (κ3) is 4.29. The van der Waals surface area contributed by atoms with Gasteiger partial charge >= 0.3 is 0 Å². The quantitative estimate of drug-likeness (QED) is 0.824. The Hall–Kier alpha value is -0.920. The number of H-pyrrole nitrogens is 1. The topological polar surface area (TPSA) is 78.1 Å². The molecule has 0 bridgehead atoms. The molecule has 1 rings (SSSR count). The van der Waals surface area contributed by atoms with Crippen LogP contribution in [0.15, 0.2) is 11.2 Å². The van der Waals surface area contributed by atoms with Crippen LogP contribution in [0, 0.1) is 5.41 Å². The zero-order valence-corrected chi connectivity index (χ0v) is 13.1. The van der Waals surface area contributed by atoms with Crippen LogP contribution in [0.1, 0.15) is 33.3 Å². The van der Waals surface area contributed by atoms with E-state index in [0.717, 1.165) is 6.54 Å². The summed E-state index contributed by atoms with van der Waals surface area (Å²) in [5.41, 5.74) is 0.576. The summed E-state index contributed by atoms with van der Waals surface area (Å²) < 4.78 is 26.3. The number of hydrogen-bond acceptors (Lipinski definition) is 4. The molecule has 1 heterocycles. The van der Waals surface area contributed by atoms with Crippen LogP contribution in [0.4, 0.5) is 0 Å². The van der Waals surface area contributed by atoms with Crippen molar-refractivity contribution in [2.75, 3.05) is 20.1 Å². The van der Waals surface area contributed by atoms with Crippen molar-refractivity contribution < 1.29 is 8.42 Å². The molecule has 1 aromatic rings. The second-order valence-electron chi connectivity index (χ2n) is 5.83. The minimum Gasteiger partial charge on any atom is -0.313 e. The van der Waals surface area contributed by atoms with E-state index in [2.05, 4.69) is 15.5 Å². The SMILES string of the molecule is CCNCc1cn[nH]c1S(=O)(=O)N(C)CC(C)(C)C. The molecule has 0 radical (unpaired) electrons. The summed E-state index contributed by atoms with van der Waals surface area (Å²) in [4.78, 5) is 0. The van der Waals surface area contributed by atoms with Gasteiger partial charge in [-0.1, -0.05) is 27.7 Å². The Morgan fingerprint density at radius 2 is 2.05 bits per heavy atom. The summed E-state index contributed by atoms with van der Waals surface area (Å²) in [6.45, 7) is 9.71. The maximum Gasteiger partial charge on any atom is 0.260 e. The normalized spacial score (nSPS) is 13.2. The monoisotopic (exact) mass is 288 g/mol. The van der Waals surface area contributed by atoms with E-state index in [1.54, 1.807) is 13.2 Å². The van der Waals surface area contributed by atoms with Crippen LogP contribution in [0.2, 0.25) is 0 Å². The van der Waals surface area contributed by atoms with E-state index in [-0.39, 0.29) is 10.4 Å². The largest absolute Gasteiger partial charge is 0.313 e. The second-order valence-corrected chi connectivity index (χ2v) is 7.81. The average Bonchev–Trinajstić information content (AvgIpc) is 2.72. The zero-order valence-electron chi connectivity index (χ0n) is 12.3. The Labute approximate surface area is 115 Å². The molecule has 110 valence electrons. The Balaban J connectivity index is 2.97. The van der Waals surface area contributed by atoms with Gasteiger partial charge in [-0.25, -0.2) is 8.42 Å². The molecule has 19 heavy (non-hydrogen) atoms. The third-order valence-corrected chi connectivity index (χ3v) is 4.43. The highest BCUT2D eigenvalue weighted by molar-refractivity contribution is 7.89. The van der Waals surface area contributed by atoms with Crippen molar-refractivity contribution in [1.82, 2.24) is 19.8 Å². The van der Waals surface area contributed by atoms with E-state index < -0.39 is 10.0 Å². The fourth-order valence-corrected chi connectivity index (χ4v) is 3.31. The molecule has 0 aliphatic carbocycles. The molecule has 0 aliphatic heterocycles. The highest BCUT2D eigenvalue weighted by Crippen LogP contribution is 2.21. The molecule has 0 atom stereocenters. The Morgan fingerprint density at radius 1 is 1.42 bits per heavy atom. The van der Waals surface area contributed by atoms with Gasteiger partial charge in [-0.2, -0.15) is 9.40 Å². The number of nitrogens with one attached hydrogen (secondary N) is 2. The molecule has 0 amide bonds. The van der Waals surface area contributed by atoms with E-state index in [1.807, 2.05) is 27.7 Å². The van der Waals surface area contributed by atoms with Gasteiger partial charge < -0.3 is 5.32 Å². The highest BCUT2D eigenvalue weighted by atomic mass is 32.2. The molecular formula is C12H24N4O2S. The van der Waals surface area contributed by atoms with Gasteiger partial charge in [0.2, 0.25) is 0 Å². The first-order valence-corrected chi connectivity index (χ1v) is 7.82. The summed E-state index contributed by atoms with van der Waals surface area (Å²) in [5.74, 6) is 0. The number of aromatic amines is 1. The lowest BCUT2D eigenvalue weighted by Gasteiger charge is -2.25.